The number of nitrogens with one attached hydrogen (secondary N) is 1. The first kappa shape index (κ1) is 23.3. The number of methoxy groups -OCH3 is 2. The molecule has 4 atom stereocenters. The summed E-state index contributed by atoms with van der Waals surface area (Å²) in [5.74, 6) is 0.138. The molecule has 2 fully saturated rings. The minimum absolute atomic E-state index is 0.142. The highest BCUT2D eigenvalue weighted by Crippen LogP contribution is 2.35. The van der Waals surface area contributed by atoms with Crippen LogP contribution in [-0.4, -0.2) is 61.9 Å². The Bertz CT molecular complexity index is 876. The Morgan fingerprint density at radius 3 is 2.50 bits per heavy atom. The van der Waals surface area contributed by atoms with Crippen molar-refractivity contribution < 1.29 is 19.0 Å². The topological polar surface area (TPSA) is 54.0 Å². The molecule has 0 bridgehead atoms. The van der Waals surface area contributed by atoms with Crippen molar-refractivity contribution in [3.05, 3.63) is 59.9 Å². The zero-order valence-electron chi connectivity index (χ0n) is 19.0. The van der Waals surface area contributed by atoms with Crippen LogP contribution in [0.15, 0.2) is 48.5 Å². The summed E-state index contributed by atoms with van der Waals surface area (Å²) in [7, 11) is 3.36. The second-order valence-electron chi connectivity index (χ2n) is 9.07. The summed E-state index contributed by atoms with van der Waals surface area (Å²) < 4.78 is 24.6. The molecule has 0 aromatic heterocycles. The van der Waals surface area contributed by atoms with Crippen molar-refractivity contribution in [3.8, 4) is 11.1 Å². The lowest BCUT2D eigenvalue weighted by Crippen LogP contribution is -2.53. The smallest absolute Gasteiger partial charge is 0.131 e. The molecule has 2 aromatic rings. The van der Waals surface area contributed by atoms with Crippen molar-refractivity contribution in [1.29, 1.82) is 0 Å². The fourth-order valence-electron chi connectivity index (χ4n) is 5.03. The van der Waals surface area contributed by atoms with E-state index in [1.54, 1.807) is 26.4 Å². The third kappa shape index (κ3) is 5.38. The fraction of sp³-hybridized carbons (Fsp3) is 0.538. The largest absolute Gasteiger partial charge is 0.381 e. The number of hydrogen-bond acceptors (Lipinski definition) is 5. The minimum Gasteiger partial charge on any atom is -0.381 e. The number of likely N-dealkylation sites (tertiary alicyclic amines) is 1. The molecule has 1 saturated carbocycles. The van der Waals surface area contributed by atoms with Crippen LogP contribution in [0.2, 0.25) is 0 Å². The number of benzene rings is 2. The Morgan fingerprint density at radius 1 is 1.09 bits per heavy atom. The van der Waals surface area contributed by atoms with Gasteiger partial charge in [-0.3, -0.25) is 10.2 Å². The van der Waals surface area contributed by atoms with E-state index in [9.17, 15) is 9.50 Å². The average molecular weight is 443 g/mol. The van der Waals surface area contributed by atoms with Gasteiger partial charge in [0.15, 0.2) is 0 Å². The molecule has 2 N–H and O–H groups in total. The molecular formula is C26H35FN2O3. The maximum atomic E-state index is 13.7. The van der Waals surface area contributed by atoms with Crippen molar-refractivity contribution in [2.45, 2.75) is 56.6 Å². The molecule has 0 amide bonds. The number of rotatable bonds is 10. The number of ether oxygens (including phenoxy) is 2. The van der Waals surface area contributed by atoms with Crippen LogP contribution in [0.5, 0.6) is 0 Å². The molecular weight excluding hydrogens is 407 g/mol. The van der Waals surface area contributed by atoms with E-state index >= 15 is 0 Å². The lowest BCUT2D eigenvalue weighted by molar-refractivity contribution is -0.0750. The first-order chi connectivity index (χ1) is 15.6. The second kappa shape index (κ2) is 10.9. The summed E-state index contributed by atoms with van der Waals surface area (Å²) in [6.07, 6.45) is 4.55. The second-order valence-corrected chi connectivity index (χ2v) is 9.07. The van der Waals surface area contributed by atoms with Gasteiger partial charge in [0.25, 0.3) is 0 Å². The molecule has 1 aliphatic carbocycles. The SMILES string of the molecule is COCC(NC1CCN(C(O)C2CCC2)C1Cc1cccc(-c2cccc(F)c2)c1)OC. The molecule has 0 spiro atoms. The van der Waals surface area contributed by atoms with E-state index in [4.69, 9.17) is 9.47 Å². The Balaban J connectivity index is 1.55. The number of aliphatic hydroxyl groups excluding tert-OH is 1. The van der Waals surface area contributed by atoms with Gasteiger partial charge in [-0.25, -0.2) is 4.39 Å². The summed E-state index contributed by atoms with van der Waals surface area (Å²) in [6.45, 7) is 1.33. The molecule has 1 aliphatic heterocycles. The zero-order valence-corrected chi connectivity index (χ0v) is 19.0. The fourth-order valence-corrected chi connectivity index (χ4v) is 5.03. The van der Waals surface area contributed by atoms with E-state index in [0.29, 0.717) is 12.5 Å². The highest BCUT2D eigenvalue weighted by atomic mass is 19.1. The molecule has 174 valence electrons. The number of hydrogen-bond donors (Lipinski definition) is 2. The molecule has 2 aliphatic rings. The van der Waals surface area contributed by atoms with Gasteiger partial charge >= 0.3 is 0 Å². The van der Waals surface area contributed by atoms with Crippen LogP contribution in [-0.2, 0) is 15.9 Å². The van der Waals surface area contributed by atoms with E-state index < -0.39 is 6.23 Å². The van der Waals surface area contributed by atoms with E-state index in [1.807, 2.05) is 18.2 Å². The normalized spacial score (nSPS) is 23.8. The predicted octanol–water partition coefficient (Wildman–Crippen LogP) is 3.81. The molecule has 32 heavy (non-hydrogen) atoms. The van der Waals surface area contributed by atoms with Crippen LogP contribution < -0.4 is 5.32 Å². The lowest BCUT2D eigenvalue weighted by Gasteiger charge is -2.40. The lowest BCUT2D eigenvalue weighted by atomic mass is 9.83. The number of nitrogens with zero attached hydrogens (tertiary/aromatic N) is 1. The Kier molecular flexibility index (Phi) is 7.92. The molecule has 1 saturated heterocycles. The first-order valence-electron chi connectivity index (χ1n) is 11.7. The molecule has 0 radical (unpaired) electrons. The molecule has 4 rings (SSSR count). The van der Waals surface area contributed by atoms with Gasteiger partial charge in [-0.2, -0.15) is 0 Å². The van der Waals surface area contributed by atoms with E-state index in [2.05, 4.69) is 22.3 Å². The number of halogens is 1. The van der Waals surface area contributed by atoms with Crippen LogP contribution in [0.25, 0.3) is 11.1 Å². The van der Waals surface area contributed by atoms with Crippen LogP contribution in [0.4, 0.5) is 4.39 Å². The summed E-state index contributed by atoms with van der Waals surface area (Å²) in [4.78, 5) is 2.27. The van der Waals surface area contributed by atoms with Crippen LogP contribution >= 0.6 is 0 Å². The molecule has 4 unspecified atom stereocenters. The monoisotopic (exact) mass is 442 g/mol. The Hall–Kier alpha value is -1.83. The van der Waals surface area contributed by atoms with Crippen LogP contribution in [0.1, 0.15) is 31.2 Å². The predicted molar refractivity (Wildman–Crippen MR) is 124 cm³/mol. The van der Waals surface area contributed by atoms with E-state index in [0.717, 1.165) is 43.4 Å². The van der Waals surface area contributed by atoms with Crippen LogP contribution in [0, 0.1) is 11.7 Å². The standard InChI is InChI=1S/C26H35FN2O3/c1-31-17-25(32-2)28-23-12-13-29(26(30)19-7-4-8-19)24(23)15-18-6-3-9-20(14-18)21-10-5-11-22(27)16-21/h3,5-6,9-11,14,16,19,23-26,28,30H,4,7-8,12-13,15,17H2,1-2H3. The number of aliphatic hydroxyl groups is 1. The maximum absolute atomic E-state index is 13.7. The van der Waals surface area contributed by atoms with Crippen LogP contribution in [0.3, 0.4) is 0 Å². The van der Waals surface area contributed by atoms with Crippen molar-refractivity contribution in [2.24, 2.45) is 5.92 Å². The van der Waals surface area contributed by atoms with Crippen molar-refractivity contribution in [2.75, 3.05) is 27.4 Å². The molecule has 5 nitrogen and oxygen atoms in total. The van der Waals surface area contributed by atoms with Crippen molar-refractivity contribution in [3.63, 3.8) is 0 Å². The van der Waals surface area contributed by atoms with Gasteiger partial charge in [0.1, 0.15) is 18.3 Å². The van der Waals surface area contributed by atoms with Gasteiger partial charge in [0, 0.05) is 32.8 Å². The van der Waals surface area contributed by atoms with E-state index in [-0.39, 0.29) is 24.1 Å². The third-order valence-electron chi connectivity index (χ3n) is 7.03. The van der Waals surface area contributed by atoms with Gasteiger partial charge in [0.2, 0.25) is 0 Å². The average Bonchev–Trinajstić information content (AvgIpc) is 3.14. The summed E-state index contributed by atoms with van der Waals surface area (Å²) in [6, 6.07) is 15.3. The Morgan fingerprint density at radius 2 is 1.84 bits per heavy atom. The summed E-state index contributed by atoms with van der Waals surface area (Å²) >= 11 is 0. The van der Waals surface area contributed by atoms with Gasteiger partial charge in [-0.15, -0.1) is 0 Å². The van der Waals surface area contributed by atoms with Gasteiger partial charge in [-0.1, -0.05) is 42.8 Å². The highest BCUT2D eigenvalue weighted by Gasteiger charge is 2.41. The highest BCUT2D eigenvalue weighted by molar-refractivity contribution is 5.64. The van der Waals surface area contributed by atoms with Crippen molar-refractivity contribution in [1.82, 2.24) is 10.2 Å². The van der Waals surface area contributed by atoms with Crippen molar-refractivity contribution >= 4 is 0 Å². The summed E-state index contributed by atoms with van der Waals surface area (Å²) in [5, 5.41) is 14.7. The Labute approximate surface area is 190 Å². The first-order valence-corrected chi connectivity index (χ1v) is 11.7. The molecule has 6 heteroatoms. The molecule has 1 heterocycles. The van der Waals surface area contributed by atoms with Gasteiger partial charge < -0.3 is 14.6 Å². The maximum Gasteiger partial charge on any atom is 0.131 e. The van der Waals surface area contributed by atoms with Gasteiger partial charge in [-0.05, 0) is 60.4 Å². The quantitative estimate of drug-likeness (QED) is 0.548. The van der Waals surface area contributed by atoms with Gasteiger partial charge in [0.05, 0.1) is 6.61 Å². The summed E-state index contributed by atoms with van der Waals surface area (Å²) in [5.41, 5.74) is 3.06. The van der Waals surface area contributed by atoms with E-state index in [1.165, 1.54) is 18.1 Å². The molecule has 2 aromatic carbocycles. The third-order valence-corrected chi connectivity index (χ3v) is 7.03. The minimum atomic E-state index is -0.407. The zero-order chi connectivity index (χ0) is 22.5.